The minimum atomic E-state index is -3.80. The topological polar surface area (TPSA) is 141 Å². The standard InChI is InChI=1S/C23H25ClN4O4S2/c1-22(16-25,14-12-18-4-8-20(9-5-18)33(3,29)30)27-28-23(2,17-26)15-13-19-6-10-21(11-7-19)34(24,31)32/h4-11H,12-15H2,1-3H3. The number of nitrogens with zero attached hydrogens (tertiary/aromatic N) is 4. The summed E-state index contributed by atoms with van der Waals surface area (Å²) in [6.07, 6.45) is 2.71. The predicted octanol–water partition coefficient (Wildman–Crippen LogP) is 4.60. The van der Waals surface area contributed by atoms with Gasteiger partial charge >= 0.3 is 0 Å². The quantitative estimate of drug-likeness (QED) is 0.331. The molecule has 2 aromatic carbocycles. The number of hydrogen-bond donors (Lipinski definition) is 0. The molecule has 0 spiro atoms. The Balaban J connectivity index is 2.06. The van der Waals surface area contributed by atoms with Crippen molar-refractivity contribution in [2.75, 3.05) is 6.26 Å². The second kappa shape index (κ2) is 10.6. The van der Waals surface area contributed by atoms with Crippen LogP contribution in [-0.2, 0) is 31.7 Å². The molecule has 2 unspecified atom stereocenters. The highest BCUT2D eigenvalue weighted by Crippen LogP contribution is 2.25. The van der Waals surface area contributed by atoms with Crippen LogP contribution in [0.4, 0.5) is 0 Å². The number of benzene rings is 2. The van der Waals surface area contributed by atoms with Gasteiger partial charge in [0.2, 0.25) is 0 Å². The highest BCUT2D eigenvalue weighted by Gasteiger charge is 2.28. The first kappa shape index (κ1) is 27.5. The Morgan fingerprint density at radius 3 is 1.41 bits per heavy atom. The first-order valence-electron chi connectivity index (χ1n) is 10.3. The van der Waals surface area contributed by atoms with E-state index in [1.807, 2.05) is 0 Å². The summed E-state index contributed by atoms with van der Waals surface area (Å²) in [7, 11) is -1.76. The van der Waals surface area contributed by atoms with E-state index >= 15 is 0 Å². The summed E-state index contributed by atoms with van der Waals surface area (Å²) >= 11 is 0. The van der Waals surface area contributed by atoms with Crippen LogP contribution in [0.2, 0.25) is 0 Å². The van der Waals surface area contributed by atoms with E-state index < -0.39 is 30.0 Å². The number of nitriles is 2. The number of azo groups is 1. The molecule has 0 heterocycles. The van der Waals surface area contributed by atoms with Crippen LogP contribution in [0.25, 0.3) is 0 Å². The first-order chi connectivity index (χ1) is 15.7. The average Bonchev–Trinajstić information content (AvgIpc) is 2.79. The lowest BCUT2D eigenvalue weighted by atomic mass is 9.94. The van der Waals surface area contributed by atoms with Crippen LogP contribution in [0.15, 0.2) is 68.6 Å². The van der Waals surface area contributed by atoms with Crippen LogP contribution in [0.1, 0.15) is 37.8 Å². The third-order valence-corrected chi connectivity index (χ3v) is 7.83. The van der Waals surface area contributed by atoms with Crippen molar-refractivity contribution in [3.8, 4) is 12.1 Å². The largest absolute Gasteiger partial charge is 0.261 e. The van der Waals surface area contributed by atoms with Gasteiger partial charge in [-0.2, -0.15) is 20.8 Å². The first-order valence-corrected chi connectivity index (χ1v) is 14.5. The Labute approximate surface area is 205 Å². The molecule has 0 radical (unpaired) electrons. The molecule has 2 aromatic rings. The normalized spacial score (nSPS) is 15.7. The fourth-order valence-corrected chi connectivity index (χ4v) is 4.37. The van der Waals surface area contributed by atoms with Crippen molar-refractivity contribution in [1.29, 1.82) is 10.5 Å². The summed E-state index contributed by atoms with van der Waals surface area (Å²) < 4.78 is 45.9. The highest BCUT2D eigenvalue weighted by atomic mass is 35.7. The molecule has 11 heteroatoms. The monoisotopic (exact) mass is 520 g/mol. The van der Waals surface area contributed by atoms with Crippen molar-refractivity contribution in [3.63, 3.8) is 0 Å². The molecule has 0 aliphatic carbocycles. The van der Waals surface area contributed by atoms with Gasteiger partial charge in [-0.25, -0.2) is 16.8 Å². The summed E-state index contributed by atoms with van der Waals surface area (Å²) in [5, 5.41) is 27.7. The van der Waals surface area contributed by atoms with Crippen LogP contribution in [0, 0.1) is 22.7 Å². The zero-order valence-electron chi connectivity index (χ0n) is 19.1. The van der Waals surface area contributed by atoms with Gasteiger partial charge in [-0.05, 0) is 74.9 Å². The van der Waals surface area contributed by atoms with Crippen LogP contribution in [0.3, 0.4) is 0 Å². The molecule has 34 heavy (non-hydrogen) atoms. The Bertz CT molecular complexity index is 1240. The number of rotatable bonds is 10. The SMILES string of the molecule is CC(C#N)(CCc1ccc(S(C)(=O)=O)cc1)N=NC(C)(C#N)CCc1ccc(S(=O)(=O)Cl)cc1. The lowest BCUT2D eigenvalue weighted by molar-refractivity contribution is 0.451. The maximum atomic E-state index is 11.6. The highest BCUT2D eigenvalue weighted by molar-refractivity contribution is 8.13. The lowest BCUT2D eigenvalue weighted by Gasteiger charge is -2.20. The molecule has 0 saturated carbocycles. The molecule has 0 bridgehead atoms. The van der Waals surface area contributed by atoms with E-state index in [-0.39, 0.29) is 9.79 Å². The average molecular weight is 521 g/mol. The fourth-order valence-electron chi connectivity index (χ4n) is 2.97. The van der Waals surface area contributed by atoms with E-state index in [0.717, 1.165) is 17.4 Å². The van der Waals surface area contributed by atoms with E-state index in [9.17, 15) is 27.4 Å². The van der Waals surface area contributed by atoms with E-state index in [1.54, 1.807) is 38.1 Å². The molecule has 0 N–H and O–H groups in total. The molecule has 0 amide bonds. The van der Waals surface area contributed by atoms with E-state index in [0.29, 0.717) is 25.7 Å². The third kappa shape index (κ3) is 7.91. The molecular formula is C23H25ClN4O4S2. The van der Waals surface area contributed by atoms with Gasteiger partial charge in [-0.3, -0.25) is 0 Å². The zero-order chi connectivity index (χ0) is 25.6. The van der Waals surface area contributed by atoms with Crippen LogP contribution >= 0.6 is 10.7 Å². The molecule has 0 aromatic heterocycles. The minimum absolute atomic E-state index is 0.00334. The number of sulfone groups is 1. The van der Waals surface area contributed by atoms with Crippen LogP contribution in [-0.4, -0.2) is 34.2 Å². The lowest BCUT2D eigenvalue weighted by Crippen LogP contribution is -2.24. The van der Waals surface area contributed by atoms with Gasteiger partial charge < -0.3 is 0 Å². The van der Waals surface area contributed by atoms with Gasteiger partial charge in [0.15, 0.2) is 20.9 Å². The summed E-state index contributed by atoms with van der Waals surface area (Å²) in [4.78, 5) is 0.221. The summed E-state index contributed by atoms with van der Waals surface area (Å²) in [5.74, 6) is 0. The number of hydrogen-bond acceptors (Lipinski definition) is 8. The van der Waals surface area contributed by atoms with Crippen molar-refractivity contribution >= 4 is 29.6 Å². The Kier molecular flexibility index (Phi) is 8.59. The minimum Gasteiger partial charge on any atom is -0.224 e. The van der Waals surface area contributed by atoms with Crippen LogP contribution in [0.5, 0.6) is 0 Å². The Hall–Kier alpha value is -2.79. The predicted molar refractivity (Wildman–Crippen MR) is 129 cm³/mol. The molecular weight excluding hydrogens is 496 g/mol. The van der Waals surface area contributed by atoms with Crippen molar-refractivity contribution in [1.82, 2.24) is 0 Å². The third-order valence-electron chi connectivity index (χ3n) is 5.33. The van der Waals surface area contributed by atoms with Gasteiger partial charge in [-0.1, -0.05) is 24.3 Å². The molecule has 0 aliphatic heterocycles. The fraction of sp³-hybridized carbons (Fsp3) is 0.391. The smallest absolute Gasteiger partial charge is 0.224 e. The molecule has 2 atom stereocenters. The van der Waals surface area contributed by atoms with Gasteiger partial charge in [-0.15, -0.1) is 0 Å². The summed E-state index contributed by atoms with van der Waals surface area (Å²) in [6, 6.07) is 16.8. The second-order valence-corrected chi connectivity index (χ2v) is 13.1. The summed E-state index contributed by atoms with van der Waals surface area (Å²) in [6.45, 7) is 3.25. The van der Waals surface area contributed by atoms with Gasteiger partial charge in [0.1, 0.15) is 0 Å². The molecule has 0 saturated heterocycles. The van der Waals surface area contributed by atoms with E-state index in [4.69, 9.17) is 10.7 Å². The maximum Gasteiger partial charge on any atom is 0.261 e. The molecule has 180 valence electrons. The molecule has 0 aliphatic rings. The Morgan fingerprint density at radius 1 is 0.765 bits per heavy atom. The van der Waals surface area contributed by atoms with Gasteiger partial charge in [0.05, 0.1) is 21.9 Å². The van der Waals surface area contributed by atoms with E-state index in [1.165, 1.54) is 24.3 Å². The van der Waals surface area contributed by atoms with E-state index in [2.05, 4.69) is 22.4 Å². The van der Waals surface area contributed by atoms with Crippen LogP contribution < -0.4 is 0 Å². The molecule has 2 rings (SSSR count). The number of aryl methyl sites for hydroxylation is 2. The molecule has 8 nitrogen and oxygen atoms in total. The van der Waals surface area contributed by atoms with Crippen molar-refractivity contribution in [2.45, 2.75) is 60.4 Å². The van der Waals surface area contributed by atoms with Crippen molar-refractivity contribution in [2.24, 2.45) is 10.2 Å². The summed E-state index contributed by atoms with van der Waals surface area (Å²) in [5.41, 5.74) is -0.674. The van der Waals surface area contributed by atoms with Gasteiger partial charge in [0.25, 0.3) is 9.05 Å². The van der Waals surface area contributed by atoms with Crippen molar-refractivity contribution in [3.05, 3.63) is 59.7 Å². The second-order valence-electron chi connectivity index (χ2n) is 8.47. The maximum absolute atomic E-state index is 11.6. The zero-order valence-corrected chi connectivity index (χ0v) is 21.5. The Morgan fingerprint density at radius 2 is 1.12 bits per heavy atom. The van der Waals surface area contributed by atoms with Crippen molar-refractivity contribution < 1.29 is 16.8 Å². The molecule has 0 fully saturated rings. The number of halogens is 1. The van der Waals surface area contributed by atoms with Gasteiger partial charge in [0, 0.05) is 16.9 Å².